The van der Waals surface area contributed by atoms with E-state index in [1.807, 2.05) is 12.1 Å². The number of halogens is 2. The van der Waals surface area contributed by atoms with Crippen LogP contribution in [0, 0.1) is 0 Å². The Balaban J connectivity index is 0.000000172. The number of H-pyrrole nitrogens is 2. The highest BCUT2D eigenvalue weighted by atomic mass is 79.9. The molecule has 0 saturated carbocycles. The maximum atomic E-state index is 11.5. The monoisotopic (exact) mass is 534 g/mol. The van der Waals surface area contributed by atoms with Gasteiger partial charge in [0.2, 0.25) is 0 Å². The molecular weight excluding hydrogens is 520 g/mol. The standard InChI is InChI=1S/C11H8BrNO3.C10H8BrNO2/c1-16-11(15)7-2-3-8(12)9-6(5-14)4-13-10(7)9;1-14-10(13)7-2-3-8(11)6-4-5-12-9(6)7/h2-5,13H,1H3;2-5,12H,1H3. The van der Waals surface area contributed by atoms with Crippen molar-refractivity contribution in [3.8, 4) is 0 Å². The van der Waals surface area contributed by atoms with Crippen LogP contribution in [0.5, 0.6) is 0 Å². The summed E-state index contributed by atoms with van der Waals surface area (Å²) in [5.41, 5.74) is 2.87. The molecule has 0 aliphatic heterocycles. The van der Waals surface area contributed by atoms with Gasteiger partial charge in [-0.25, -0.2) is 9.59 Å². The van der Waals surface area contributed by atoms with Crippen LogP contribution in [0.1, 0.15) is 31.1 Å². The van der Waals surface area contributed by atoms with Gasteiger partial charge in [0.05, 0.1) is 36.4 Å². The van der Waals surface area contributed by atoms with Gasteiger partial charge < -0.3 is 19.4 Å². The Hall–Kier alpha value is -2.91. The molecule has 0 atom stereocenters. The summed E-state index contributed by atoms with van der Waals surface area (Å²) in [6.45, 7) is 0. The molecule has 0 unspecified atom stereocenters. The number of hydrogen-bond donors (Lipinski definition) is 2. The fourth-order valence-corrected chi connectivity index (χ4v) is 4.03. The summed E-state index contributed by atoms with van der Waals surface area (Å²) < 4.78 is 11.1. The number of ether oxygens (including phenoxy) is 2. The van der Waals surface area contributed by atoms with E-state index in [1.165, 1.54) is 14.2 Å². The third kappa shape index (κ3) is 4.03. The molecule has 2 aromatic heterocycles. The topological polar surface area (TPSA) is 101 Å². The molecule has 0 spiro atoms. The van der Waals surface area contributed by atoms with Gasteiger partial charge in [-0.15, -0.1) is 0 Å². The first-order valence-corrected chi connectivity index (χ1v) is 10.2. The fraction of sp³-hybridized carbons (Fsp3) is 0.0952. The molecule has 2 heterocycles. The zero-order valence-electron chi connectivity index (χ0n) is 15.9. The summed E-state index contributed by atoms with van der Waals surface area (Å²) in [5, 5.41) is 1.67. The molecule has 0 aliphatic carbocycles. The van der Waals surface area contributed by atoms with Crippen LogP contribution in [0.3, 0.4) is 0 Å². The second-order valence-electron chi connectivity index (χ2n) is 6.05. The molecule has 0 bridgehead atoms. The van der Waals surface area contributed by atoms with Gasteiger partial charge in [0.1, 0.15) is 0 Å². The quantitative estimate of drug-likeness (QED) is 0.276. The zero-order valence-corrected chi connectivity index (χ0v) is 19.1. The molecule has 2 N–H and O–H groups in total. The number of rotatable bonds is 3. The van der Waals surface area contributed by atoms with Crippen molar-refractivity contribution in [3.05, 3.63) is 68.4 Å². The Morgan fingerprint density at radius 2 is 1.47 bits per heavy atom. The molecule has 2 aromatic carbocycles. The van der Waals surface area contributed by atoms with Crippen molar-refractivity contribution in [1.82, 2.24) is 9.97 Å². The Labute approximate surface area is 188 Å². The van der Waals surface area contributed by atoms with Gasteiger partial charge in [-0.3, -0.25) is 4.79 Å². The van der Waals surface area contributed by atoms with Crippen molar-refractivity contribution >= 4 is 71.9 Å². The minimum atomic E-state index is -0.434. The predicted molar refractivity (Wildman–Crippen MR) is 120 cm³/mol. The van der Waals surface area contributed by atoms with E-state index in [1.54, 1.807) is 30.6 Å². The molecule has 4 rings (SSSR count). The van der Waals surface area contributed by atoms with E-state index in [0.29, 0.717) is 27.6 Å². The van der Waals surface area contributed by atoms with Crippen molar-refractivity contribution < 1.29 is 23.9 Å². The average molecular weight is 536 g/mol. The second kappa shape index (κ2) is 9.27. The minimum Gasteiger partial charge on any atom is -0.465 e. The van der Waals surface area contributed by atoms with E-state index < -0.39 is 5.97 Å². The molecule has 4 aromatic rings. The molecular formula is C21H16Br2N2O5. The van der Waals surface area contributed by atoms with E-state index >= 15 is 0 Å². The molecule has 0 amide bonds. The molecule has 0 radical (unpaired) electrons. The van der Waals surface area contributed by atoms with Crippen LogP contribution < -0.4 is 0 Å². The van der Waals surface area contributed by atoms with Crippen LogP contribution in [-0.2, 0) is 9.47 Å². The minimum absolute atomic E-state index is 0.329. The summed E-state index contributed by atoms with van der Waals surface area (Å²) in [4.78, 5) is 39.6. The van der Waals surface area contributed by atoms with Gasteiger partial charge in [-0.05, 0) is 30.3 Å². The van der Waals surface area contributed by atoms with Crippen molar-refractivity contribution in [1.29, 1.82) is 0 Å². The van der Waals surface area contributed by atoms with Gasteiger partial charge in [0.15, 0.2) is 6.29 Å². The molecule has 0 saturated heterocycles. The maximum Gasteiger partial charge on any atom is 0.339 e. The molecule has 30 heavy (non-hydrogen) atoms. The number of methoxy groups -OCH3 is 2. The van der Waals surface area contributed by atoms with Crippen LogP contribution >= 0.6 is 31.9 Å². The number of fused-ring (bicyclic) bond motifs is 2. The predicted octanol–water partition coefficient (Wildman–Crippen LogP) is 5.25. The van der Waals surface area contributed by atoms with Crippen LogP contribution in [0.15, 0.2) is 51.7 Å². The average Bonchev–Trinajstić information content (AvgIpc) is 3.42. The van der Waals surface area contributed by atoms with Crippen LogP contribution in [0.25, 0.3) is 21.8 Å². The number of nitrogens with one attached hydrogen (secondary N) is 2. The van der Waals surface area contributed by atoms with Gasteiger partial charge in [-0.1, -0.05) is 31.9 Å². The summed E-state index contributed by atoms with van der Waals surface area (Å²) >= 11 is 6.75. The normalized spacial score (nSPS) is 10.4. The Morgan fingerprint density at radius 3 is 2.07 bits per heavy atom. The number of aromatic nitrogens is 2. The van der Waals surface area contributed by atoms with Crippen LogP contribution in [-0.4, -0.2) is 42.4 Å². The van der Waals surface area contributed by atoms with E-state index in [2.05, 4.69) is 51.3 Å². The molecule has 154 valence electrons. The zero-order chi connectivity index (χ0) is 21.8. The van der Waals surface area contributed by atoms with Crippen molar-refractivity contribution in [3.63, 3.8) is 0 Å². The Bertz CT molecular complexity index is 1260. The van der Waals surface area contributed by atoms with Crippen molar-refractivity contribution in [2.24, 2.45) is 0 Å². The Morgan fingerprint density at radius 1 is 0.867 bits per heavy atom. The fourth-order valence-electron chi connectivity index (χ4n) is 3.01. The number of aromatic amines is 2. The molecule has 0 aliphatic rings. The highest BCUT2D eigenvalue weighted by Gasteiger charge is 2.16. The van der Waals surface area contributed by atoms with Crippen LogP contribution in [0.2, 0.25) is 0 Å². The first-order chi connectivity index (χ1) is 14.4. The van der Waals surface area contributed by atoms with Crippen molar-refractivity contribution in [2.75, 3.05) is 14.2 Å². The highest BCUT2D eigenvalue weighted by molar-refractivity contribution is 9.11. The Kier molecular flexibility index (Phi) is 6.73. The summed E-state index contributed by atoms with van der Waals surface area (Å²) in [6.07, 6.45) is 4.10. The number of hydrogen-bond acceptors (Lipinski definition) is 5. The maximum absolute atomic E-state index is 11.5. The lowest BCUT2D eigenvalue weighted by Gasteiger charge is -2.02. The largest absolute Gasteiger partial charge is 0.465 e. The summed E-state index contributed by atoms with van der Waals surface area (Å²) in [7, 11) is 2.69. The SMILES string of the molecule is COC(=O)c1ccc(Br)c2c(C=O)c[nH]c12.COC(=O)c1ccc(Br)c2cc[nH]c12. The van der Waals surface area contributed by atoms with E-state index in [9.17, 15) is 14.4 Å². The number of carbonyl (C=O) groups is 3. The summed E-state index contributed by atoms with van der Waals surface area (Å²) in [5.74, 6) is -0.762. The van der Waals surface area contributed by atoms with E-state index in [0.717, 1.165) is 26.1 Å². The number of carbonyl (C=O) groups excluding carboxylic acids is 3. The van der Waals surface area contributed by atoms with Gasteiger partial charge in [0, 0.05) is 37.7 Å². The first-order valence-electron chi connectivity index (χ1n) is 8.59. The third-order valence-corrected chi connectivity index (χ3v) is 5.78. The van der Waals surface area contributed by atoms with E-state index in [-0.39, 0.29) is 5.97 Å². The number of aldehydes is 1. The highest BCUT2D eigenvalue weighted by Crippen LogP contribution is 2.29. The lowest BCUT2D eigenvalue weighted by Crippen LogP contribution is -2.02. The smallest absolute Gasteiger partial charge is 0.339 e. The lowest BCUT2D eigenvalue weighted by molar-refractivity contribution is 0.0594. The number of esters is 2. The summed E-state index contributed by atoms with van der Waals surface area (Å²) in [6, 6.07) is 8.84. The number of benzene rings is 2. The lowest BCUT2D eigenvalue weighted by atomic mass is 10.1. The van der Waals surface area contributed by atoms with Gasteiger partial charge in [-0.2, -0.15) is 0 Å². The van der Waals surface area contributed by atoms with E-state index in [4.69, 9.17) is 0 Å². The third-order valence-electron chi connectivity index (χ3n) is 4.42. The van der Waals surface area contributed by atoms with Gasteiger partial charge in [0.25, 0.3) is 0 Å². The molecule has 9 heteroatoms. The van der Waals surface area contributed by atoms with Crippen LogP contribution in [0.4, 0.5) is 0 Å². The van der Waals surface area contributed by atoms with Gasteiger partial charge >= 0.3 is 11.9 Å². The van der Waals surface area contributed by atoms with Crippen molar-refractivity contribution in [2.45, 2.75) is 0 Å². The molecule has 7 nitrogen and oxygen atoms in total. The first kappa shape index (κ1) is 21.8. The second-order valence-corrected chi connectivity index (χ2v) is 7.76. The molecule has 0 fully saturated rings.